The number of aliphatic hydroxyl groups is 1. The first kappa shape index (κ1) is 18.8. The Hall–Kier alpha value is -2.99. The predicted octanol–water partition coefficient (Wildman–Crippen LogP) is 2.98. The summed E-state index contributed by atoms with van der Waals surface area (Å²) < 4.78 is 7.42. The van der Waals surface area contributed by atoms with Crippen LogP contribution in [0.1, 0.15) is 13.8 Å². The first-order valence-electron chi connectivity index (χ1n) is 8.78. The van der Waals surface area contributed by atoms with E-state index in [4.69, 9.17) is 4.74 Å². The third kappa shape index (κ3) is 4.41. The molecule has 6 nitrogen and oxygen atoms in total. The summed E-state index contributed by atoms with van der Waals surface area (Å²) in [4.78, 5) is 15.5. The molecule has 0 saturated heterocycles. The maximum Gasteiger partial charge on any atom is 0.161 e. The van der Waals surface area contributed by atoms with Crippen molar-refractivity contribution in [3.8, 4) is 16.9 Å². The molecule has 2 aromatic carbocycles. The molecule has 1 heterocycles. The minimum absolute atomic E-state index is 0.230. The summed E-state index contributed by atoms with van der Waals surface area (Å²) in [6, 6.07) is 17.6. The second-order valence-electron chi connectivity index (χ2n) is 7.02. The highest BCUT2D eigenvalue weighted by Gasteiger charge is 2.38. The van der Waals surface area contributed by atoms with Crippen molar-refractivity contribution in [2.75, 3.05) is 0 Å². The van der Waals surface area contributed by atoms with Crippen molar-refractivity contribution in [1.29, 1.82) is 0 Å². The van der Waals surface area contributed by atoms with Crippen LogP contribution in [0.4, 0.5) is 0 Å². The van der Waals surface area contributed by atoms with Gasteiger partial charge < -0.3 is 9.84 Å². The molecular weight excluding hydrogens is 342 g/mol. The molecule has 3 aromatic rings. The Labute approximate surface area is 158 Å². The summed E-state index contributed by atoms with van der Waals surface area (Å²) in [6.07, 6.45) is 2.02. The van der Waals surface area contributed by atoms with Crippen LogP contribution < -0.4 is 4.74 Å². The molecule has 6 heteroatoms. The van der Waals surface area contributed by atoms with Gasteiger partial charge >= 0.3 is 0 Å². The van der Waals surface area contributed by atoms with Crippen LogP contribution in [0.5, 0.6) is 5.75 Å². The number of hydrogen-bond donors (Lipinski definition) is 1. The second kappa shape index (κ2) is 8.14. The largest absolute Gasteiger partial charge is 0.482 e. The van der Waals surface area contributed by atoms with Gasteiger partial charge in [-0.15, -0.1) is 0 Å². The molecule has 0 bridgehead atoms. The number of carbonyl (C=O) groups is 1. The number of carbonyl (C=O) groups excluding carboxylic acids is 1. The number of aromatic nitrogens is 3. The van der Waals surface area contributed by atoms with Gasteiger partial charge in [0.15, 0.2) is 12.4 Å². The average Bonchev–Trinajstić information content (AvgIpc) is 3.20. The van der Waals surface area contributed by atoms with Gasteiger partial charge in [-0.2, -0.15) is 5.10 Å². The molecule has 2 unspecified atom stereocenters. The van der Waals surface area contributed by atoms with Gasteiger partial charge in [0.25, 0.3) is 0 Å². The maximum atomic E-state index is 11.7. The quantitative estimate of drug-likeness (QED) is 0.621. The average molecular weight is 365 g/mol. The van der Waals surface area contributed by atoms with E-state index in [0.29, 0.717) is 5.75 Å². The predicted molar refractivity (Wildman–Crippen MR) is 102 cm³/mol. The zero-order valence-electron chi connectivity index (χ0n) is 15.4. The van der Waals surface area contributed by atoms with Gasteiger partial charge in [-0.05, 0) is 23.3 Å². The topological polar surface area (TPSA) is 77.2 Å². The molecule has 1 N–H and O–H groups in total. The third-order valence-electron chi connectivity index (χ3n) is 4.77. The summed E-state index contributed by atoms with van der Waals surface area (Å²) in [7, 11) is 0. The van der Waals surface area contributed by atoms with Crippen LogP contribution in [0.15, 0.2) is 67.3 Å². The standard InChI is InChI=1S/C21H23N3O3/c1-21(2,19(26)12-24-15-22-14-23-24)20(13-25)27-18-10-8-17(9-11-18)16-6-4-3-5-7-16/h3-11,13-15,19-20,26H,12H2,1-2H3. The molecule has 0 saturated carbocycles. The summed E-state index contributed by atoms with van der Waals surface area (Å²) in [6.45, 7) is 3.83. The Balaban J connectivity index is 1.71. The van der Waals surface area contributed by atoms with Crippen molar-refractivity contribution < 1.29 is 14.6 Å². The number of aldehydes is 1. The van der Waals surface area contributed by atoms with Crippen LogP contribution in [0.3, 0.4) is 0 Å². The number of rotatable bonds is 8. The fraction of sp³-hybridized carbons (Fsp3) is 0.286. The molecule has 0 radical (unpaired) electrons. The first-order valence-corrected chi connectivity index (χ1v) is 8.78. The van der Waals surface area contributed by atoms with Crippen molar-refractivity contribution in [3.05, 3.63) is 67.3 Å². The van der Waals surface area contributed by atoms with E-state index in [-0.39, 0.29) is 6.54 Å². The SMILES string of the molecule is CC(C)(C(O)Cn1cncn1)C(C=O)Oc1ccc(-c2ccccc2)cc1. The van der Waals surface area contributed by atoms with Crippen LogP contribution in [-0.2, 0) is 11.3 Å². The molecule has 27 heavy (non-hydrogen) atoms. The monoisotopic (exact) mass is 365 g/mol. The maximum absolute atomic E-state index is 11.7. The summed E-state index contributed by atoms with van der Waals surface area (Å²) >= 11 is 0. The van der Waals surface area contributed by atoms with Crippen LogP contribution in [-0.4, -0.2) is 38.4 Å². The molecule has 3 rings (SSSR count). The van der Waals surface area contributed by atoms with Gasteiger partial charge in [-0.1, -0.05) is 56.3 Å². The Kier molecular flexibility index (Phi) is 5.66. The van der Waals surface area contributed by atoms with E-state index in [1.165, 1.54) is 17.3 Å². The van der Waals surface area contributed by atoms with E-state index in [2.05, 4.69) is 10.1 Å². The van der Waals surface area contributed by atoms with E-state index < -0.39 is 17.6 Å². The smallest absolute Gasteiger partial charge is 0.161 e. The molecule has 0 spiro atoms. The van der Waals surface area contributed by atoms with Crippen LogP contribution >= 0.6 is 0 Å². The van der Waals surface area contributed by atoms with Gasteiger partial charge in [0.2, 0.25) is 0 Å². The molecule has 140 valence electrons. The highest BCUT2D eigenvalue weighted by atomic mass is 16.5. The Morgan fingerprint density at radius 3 is 2.37 bits per heavy atom. The lowest BCUT2D eigenvalue weighted by Crippen LogP contribution is -2.46. The van der Waals surface area contributed by atoms with Gasteiger partial charge in [-0.25, -0.2) is 4.98 Å². The van der Waals surface area contributed by atoms with Gasteiger partial charge in [-0.3, -0.25) is 9.48 Å². The molecule has 0 aliphatic heterocycles. The van der Waals surface area contributed by atoms with E-state index in [1.54, 1.807) is 13.8 Å². The van der Waals surface area contributed by atoms with Crippen LogP contribution in [0.2, 0.25) is 0 Å². The molecular formula is C21H23N3O3. The highest BCUT2D eigenvalue weighted by molar-refractivity contribution is 5.64. The fourth-order valence-corrected chi connectivity index (χ4v) is 2.79. The van der Waals surface area contributed by atoms with Crippen molar-refractivity contribution in [2.45, 2.75) is 32.6 Å². The third-order valence-corrected chi connectivity index (χ3v) is 4.77. The number of aliphatic hydroxyl groups excluding tert-OH is 1. The van der Waals surface area contributed by atoms with E-state index in [9.17, 15) is 9.90 Å². The van der Waals surface area contributed by atoms with Gasteiger partial charge in [0.1, 0.15) is 18.4 Å². The molecule has 1 aromatic heterocycles. The van der Waals surface area contributed by atoms with Crippen molar-refractivity contribution in [2.24, 2.45) is 5.41 Å². The minimum atomic E-state index is -0.835. The van der Waals surface area contributed by atoms with E-state index >= 15 is 0 Å². The zero-order chi connectivity index (χ0) is 19.3. The van der Waals surface area contributed by atoms with E-state index in [1.807, 2.05) is 54.6 Å². The van der Waals surface area contributed by atoms with Crippen LogP contribution in [0.25, 0.3) is 11.1 Å². The zero-order valence-corrected chi connectivity index (χ0v) is 15.4. The van der Waals surface area contributed by atoms with E-state index in [0.717, 1.165) is 17.4 Å². The Morgan fingerprint density at radius 2 is 1.78 bits per heavy atom. The Morgan fingerprint density at radius 1 is 1.11 bits per heavy atom. The number of ether oxygens (including phenoxy) is 1. The molecule has 0 aliphatic carbocycles. The first-order chi connectivity index (χ1) is 13.0. The van der Waals surface area contributed by atoms with Crippen molar-refractivity contribution in [1.82, 2.24) is 14.8 Å². The number of nitrogens with zero attached hydrogens (tertiary/aromatic N) is 3. The van der Waals surface area contributed by atoms with Gasteiger partial charge in [0, 0.05) is 5.41 Å². The summed E-state index contributed by atoms with van der Waals surface area (Å²) in [5, 5.41) is 14.6. The lowest BCUT2D eigenvalue weighted by atomic mass is 9.81. The summed E-state index contributed by atoms with van der Waals surface area (Å²) in [5.74, 6) is 0.577. The second-order valence-corrected chi connectivity index (χ2v) is 7.02. The highest BCUT2D eigenvalue weighted by Crippen LogP contribution is 2.30. The minimum Gasteiger partial charge on any atom is -0.482 e. The lowest BCUT2D eigenvalue weighted by molar-refractivity contribution is -0.124. The van der Waals surface area contributed by atoms with Crippen LogP contribution in [0, 0.1) is 5.41 Å². The number of benzene rings is 2. The molecule has 0 amide bonds. The number of hydrogen-bond acceptors (Lipinski definition) is 5. The summed E-state index contributed by atoms with van der Waals surface area (Å²) in [5.41, 5.74) is 1.36. The molecule has 0 aliphatic rings. The van der Waals surface area contributed by atoms with Crippen molar-refractivity contribution in [3.63, 3.8) is 0 Å². The molecule has 0 fully saturated rings. The lowest BCUT2D eigenvalue weighted by Gasteiger charge is -2.35. The normalized spacial score (nSPS) is 13.7. The van der Waals surface area contributed by atoms with Crippen molar-refractivity contribution >= 4 is 6.29 Å². The Bertz CT molecular complexity index is 846. The molecule has 2 atom stereocenters. The fourth-order valence-electron chi connectivity index (χ4n) is 2.79. The van der Waals surface area contributed by atoms with Gasteiger partial charge in [0.05, 0.1) is 12.6 Å².